The van der Waals surface area contributed by atoms with Crippen LogP contribution in [0.3, 0.4) is 0 Å². The zero-order chi connectivity index (χ0) is 26.9. The summed E-state index contributed by atoms with van der Waals surface area (Å²) in [6.07, 6.45) is 2.45. The van der Waals surface area contributed by atoms with Crippen LogP contribution in [-0.4, -0.2) is 0 Å². The van der Waals surface area contributed by atoms with Crippen molar-refractivity contribution in [3.63, 3.8) is 0 Å². The van der Waals surface area contributed by atoms with Crippen molar-refractivity contribution in [1.29, 1.82) is 0 Å². The number of hydrogen-bond acceptors (Lipinski definition) is 2. The molecule has 0 spiro atoms. The Kier molecular flexibility index (Phi) is 5.54. The molecule has 2 aliphatic rings. The van der Waals surface area contributed by atoms with Crippen molar-refractivity contribution in [3.8, 4) is 11.1 Å². The van der Waals surface area contributed by atoms with Gasteiger partial charge in [0.05, 0.1) is 0 Å². The first-order valence-corrected chi connectivity index (χ1v) is 14.0. The third-order valence-electron chi connectivity index (χ3n) is 9.11. The third-order valence-corrected chi connectivity index (χ3v) is 9.11. The highest BCUT2D eigenvalue weighted by molar-refractivity contribution is 5.91. The molecule has 38 heavy (non-hydrogen) atoms. The van der Waals surface area contributed by atoms with Crippen LogP contribution < -0.4 is 10.6 Å². The molecule has 0 heterocycles. The Morgan fingerprint density at radius 2 is 1.21 bits per heavy atom. The van der Waals surface area contributed by atoms with Crippen LogP contribution >= 0.6 is 0 Å². The van der Waals surface area contributed by atoms with Crippen molar-refractivity contribution in [2.24, 2.45) is 0 Å². The van der Waals surface area contributed by atoms with Gasteiger partial charge in [-0.05, 0) is 100 Å². The normalized spacial score (nSPS) is 17.8. The fourth-order valence-corrected chi connectivity index (χ4v) is 6.77. The Hall–Kier alpha value is -3.52. The minimum absolute atomic E-state index is 0.00225. The molecule has 0 saturated heterocycles. The van der Waals surface area contributed by atoms with Gasteiger partial charge < -0.3 is 10.6 Å². The highest BCUT2D eigenvalue weighted by atomic mass is 14.9. The molecule has 0 amide bonds. The Bertz CT molecular complexity index is 1550. The van der Waals surface area contributed by atoms with Gasteiger partial charge in [-0.15, -0.1) is 0 Å². The van der Waals surface area contributed by atoms with Gasteiger partial charge >= 0.3 is 0 Å². The van der Waals surface area contributed by atoms with E-state index >= 15 is 0 Å². The molecule has 0 bridgehead atoms. The van der Waals surface area contributed by atoms with Crippen LogP contribution in [0.2, 0.25) is 0 Å². The number of nitrogens with one attached hydrogen (secondary N) is 2. The minimum Gasteiger partial charge on any atom is -0.355 e. The van der Waals surface area contributed by atoms with E-state index in [1.54, 1.807) is 0 Å². The van der Waals surface area contributed by atoms with Crippen LogP contribution in [-0.2, 0) is 16.2 Å². The third kappa shape index (κ3) is 4.02. The number of hydrogen-bond donors (Lipinski definition) is 2. The molecular formula is C36H40N2. The van der Waals surface area contributed by atoms with Crippen molar-refractivity contribution in [1.82, 2.24) is 0 Å². The second-order valence-corrected chi connectivity index (χ2v) is 13.3. The largest absolute Gasteiger partial charge is 0.355 e. The van der Waals surface area contributed by atoms with Crippen molar-refractivity contribution in [3.05, 3.63) is 107 Å². The minimum atomic E-state index is -0.00225. The first kappa shape index (κ1) is 24.8. The van der Waals surface area contributed by atoms with E-state index in [2.05, 4.69) is 138 Å². The van der Waals surface area contributed by atoms with Crippen molar-refractivity contribution < 1.29 is 0 Å². The molecule has 0 unspecified atom stereocenters. The first-order chi connectivity index (χ1) is 18.0. The van der Waals surface area contributed by atoms with E-state index in [0.29, 0.717) is 0 Å². The topological polar surface area (TPSA) is 24.1 Å². The molecule has 2 aliphatic carbocycles. The van der Waals surface area contributed by atoms with Crippen molar-refractivity contribution in [2.45, 2.75) is 77.6 Å². The highest BCUT2D eigenvalue weighted by Gasteiger charge is 2.37. The second-order valence-electron chi connectivity index (χ2n) is 13.3. The molecule has 2 nitrogen and oxygen atoms in total. The lowest BCUT2D eigenvalue weighted by Crippen LogP contribution is -2.33. The molecule has 0 radical (unpaired) electrons. The summed E-state index contributed by atoms with van der Waals surface area (Å²) in [5, 5.41) is 7.51. The van der Waals surface area contributed by atoms with E-state index in [1.807, 2.05) is 0 Å². The maximum absolute atomic E-state index is 3.78. The number of rotatable bonds is 4. The molecule has 194 valence electrons. The van der Waals surface area contributed by atoms with E-state index in [4.69, 9.17) is 0 Å². The van der Waals surface area contributed by atoms with E-state index in [1.165, 1.54) is 51.8 Å². The van der Waals surface area contributed by atoms with Crippen LogP contribution in [0.5, 0.6) is 0 Å². The van der Waals surface area contributed by atoms with Crippen molar-refractivity contribution >= 4 is 22.7 Å². The average Bonchev–Trinajstić information content (AvgIpc) is 3.10. The predicted octanol–water partition coefficient (Wildman–Crippen LogP) is 10.1. The molecular weight excluding hydrogens is 460 g/mol. The highest BCUT2D eigenvalue weighted by Crippen LogP contribution is 2.52. The number of anilines is 4. The Labute approximate surface area is 228 Å². The quantitative estimate of drug-likeness (QED) is 0.291. The van der Waals surface area contributed by atoms with Crippen LogP contribution in [0.4, 0.5) is 22.7 Å². The van der Waals surface area contributed by atoms with Gasteiger partial charge in [0.1, 0.15) is 0 Å². The van der Waals surface area contributed by atoms with Gasteiger partial charge in [-0.2, -0.15) is 0 Å². The molecule has 4 aromatic carbocycles. The van der Waals surface area contributed by atoms with Gasteiger partial charge in [0.2, 0.25) is 0 Å². The lowest BCUT2D eigenvalue weighted by molar-refractivity contribution is 0.332. The molecule has 2 N–H and O–H groups in total. The maximum Gasteiger partial charge on any atom is 0.0467 e. The molecule has 4 aromatic rings. The van der Waals surface area contributed by atoms with Crippen LogP contribution in [0.1, 0.15) is 82.2 Å². The summed E-state index contributed by atoms with van der Waals surface area (Å²) in [7, 11) is 0. The average molecular weight is 501 g/mol. The van der Waals surface area contributed by atoms with Gasteiger partial charge in [-0.3, -0.25) is 0 Å². The molecule has 2 heteroatoms. The van der Waals surface area contributed by atoms with Gasteiger partial charge in [0.15, 0.2) is 0 Å². The Balaban J connectivity index is 1.34. The predicted molar refractivity (Wildman–Crippen MR) is 163 cm³/mol. The van der Waals surface area contributed by atoms with Crippen LogP contribution in [0, 0.1) is 6.92 Å². The zero-order valence-electron chi connectivity index (χ0n) is 23.9. The standard InChI is InChI=1S/C36H40N2/c1-23-19-25(37-24-15-16-29-31(22-24)35(4,5)18-17-34(29,2)3)21-26(20-23)38-32-14-10-13-30-33(32)27-11-8-9-12-28(27)36(30,6)7/h8-16,19-22,37-38H,17-18H2,1-7H3. The van der Waals surface area contributed by atoms with Crippen LogP contribution in [0.25, 0.3) is 11.1 Å². The molecule has 0 atom stereocenters. The molecule has 0 aromatic heterocycles. The molecule has 0 fully saturated rings. The monoisotopic (exact) mass is 500 g/mol. The maximum atomic E-state index is 3.78. The number of benzene rings is 4. The van der Waals surface area contributed by atoms with Crippen LogP contribution in [0.15, 0.2) is 78.9 Å². The zero-order valence-corrected chi connectivity index (χ0v) is 23.9. The fraction of sp³-hybridized carbons (Fsp3) is 0.333. The number of fused-ring (bicyclic) bond motifs is 4. The SMILES string of the molecule is Cc1cc(Nc2ccc3c(c2)C(C)(C)CCC3(C)C)cc(Nc2cccc3c2-c2ccccc2C3(C)C)c1. The van der Waals surface area contributed by atoms with Crippen molar-refractivity contribution in [2.75, 3.05) is 10.6 Å². The Morgan fingerprint density at radius 1 is 0.553 bits per heavy atom. The summed E-state index contributed by atoms with van der Waals surface area (Å²) in [4.78, 5) is 0. The summed E-state index contributed by atoms with van der Waals surface area (Å²) in [5.74, 6) is 0. The van der Waals surface area contributed by atoms with Gasteiger partial charge in [0.25, 0.3) is 0 Å². The second kappa shape index (κ2) is 8.50. The van der Waals surface area contributed by atoms with E-state index in [-0.39, 0.29) is 16.2 Å². The summed E-state index contributed by atoms with van der Waals surface area (Å²) in [6, 6.07) is 29.2. The lowest BCUT2D eigenvalue weighted by atomic mass is 9.63. The molecule has 0 saturated carbocycles. The number of aryl methyl sites for hydroxylation is 1. The first-order valence-electron chi connectivity index (χ1n) is 14.0. The van der Waals surface area contributed by atoms with E-state index < -0.39 is 0 Å². The van der Waals surface area contributed by atoms with Gasteiger partial charge in [-0.25, -0.2) is 0 Å². The fourth-order valence-electron chi connectivity index (χ4n) is 6.77. The summed E-state index contributed by atoms with van der Waals surface area (Å²) in [6.45, 7) is 16.4. The van der Waals surface area contributed by atoms with E-state index in [9.17, 15) is 0 Å². The summed E-state index contributed by atoms with van der Waals surface area (Å²) < 4.78 is 0. The Morgan fingerprint density at radius 3 is 1.97 bits per heavy atom. The lowest BCUT2D eigenvalue weighted by Gasteiger charge is -2.42. The smallest absolute Gasteiger partial charge is 0.0467 e. The van der Waals surface area contributed by atoms with E-state index in [0.717, 1.165) is 22.7 Å². The summed E-state index contributed by atoms with van der Waals surface area (Å²) in [5.41, 5.74) is 14.6. The molecule has 0 aliphatic heterocycles. The molecule has 6 rings (SSSR count). The van der Waals surface area contributed by atoms with Gasteiger partial charge in [0, 0.05) is 33.7 Å². The summed E-state index contributed by atoms with van der Waals surface area (Å²) >= 11 is 0. The van der Waals surface area contributed by atoms with Gasteiger partial charge in [-0.1, -0.05) is 84.0 Å².